The lowest BCUT2D eigenvalue weighted by Crippen LogP contribution is -2.49. The second-order valence-electron chi connectivity index (χ2n) is 9.59. The molecule has 0 amide bonds. The van der Waals surface area contributed by atoms with Gasteiger partial charge < -0.3 is 14.4 Å². The number of carbonyl (C=O) groups excluding carboxylic acids is 1. The summed E-state index contributed by atoms with van der Waals surface area (Å²) >= 11 is 0. The number of ether oxygens (including phenoxy) is 2. The molecular formula is C21H27F2N4O3P. The van der Waals surface area contributed by atoms with Gasteiger partial charge in [0.2, 0.25) is 5.88 Å². The van der Waals surface area contributed by atoms with Crippen molar-refractivity contribution in [1.29, 1.82) is 0 Å². The maximum absolute atomic E-state index is 13.7. The second-order valence-corrected chi connectivity index (χ2v) is 10.3. The maximum atomic E-state index is 13.7. The van der Waals surface area contributed by atoms with Crippen molar-refractivity contribution in [2.45, 2.75) is 58.5 Å². The minimum Gasteiger partial charge on any atom is -0.476 e. The van der Waals surface area contributed by atoms with E-state index in [4.69, 9.17) is 14.5 Å². The van der Waals surface area contributed by atoms with Gasteiger partial charge in [0.25, 0.3) is 5.66 Å². The average molecular weight is 452 g/mol. The molecule has 4 heterocycles. The van der Waals surface area contributed by atoms with E-state index in [2.05, 4.69) is 30.8 Å². The van der Waals surface area contributed by atoms with Gasteiger partial charge in [-0.3, -0.25) is 0 Å². The van der Waals surface area contributed by atoms with E-state index in [1.54, 1.807) is 33.6 Å². The van der Waals surface area contributed by atoms with Gasteiger partial charge in [-0.1, -0.05) is 30.0 Å². The molecule has 0 spiro atoms. The Labute approximate surface area is 182 Å². The van der Waals surface area contributed by atoms with Gasteiger partial charge >= 0.3 is 5.97 Å². The van der Waals surface area contributed by atoms with Gasteiger partial charge in [-0.05, 0) is 32.4 Å². The maximum Gasteiger partial charge on any atom is 0.343 e. The van der Waals surface area contributed by atoms with Crippen molar-refractivity contribution >= 4 is 21.0 Å². The van der Waals surface area contributed by atoms with Crippen molar-refractivity contribution in [2.75, 3.05) is 11.5 Å². The topological polar surface area (TPSA) is 69.5 Å². The van der Waals surface area contributed by atoms with Crippen LogP contribution in [0.5, 0.6) is 5.88 Å². The summed E-state index contributed by atoms with van der Waals surface area (Å²) in [7, 11) is 1.56. The number of halogens is 2. The van der Waals surface area contributed by atoms with E-state index in [-0.39, 0.29) is 36.1 Å². The minimum atomic E-state index is -2.97. The van der Waals surface area contributed by atoms with Crippen LogP contribution in [-0.2, 0) is 4.74 Å². The van der Waals surface area contributed by atoms with Crippen molar-refractivity contribution < 1.29 is 23.0 Å². The smallest absolute Gasteiger partial charge is 0.343 e. The van der Waals surface area contributed by atoms with Crippen molar-refractivity contribution in [1.82, 2.24) is 14.8 Å². The van der Waals surface area contributed by atoms with Crippen LogP contribution >= 0.6 is 9.24 Å². The van der Waals surface area contributed by atoms with Crippen LogP contribution in [0.15, 0.2) is 24.4 Å². The van der Waals surface area contributed by atoms with Crippen LogP contribution in [0.1, 0.15) is 51.4 Å². The van der Waals surface area contributed by atoms with Crippen molar-refractivity contribution in [3.63, 3.8) is 0 Å². The van der Waals surface area contributed by atoms with Crippen molar-refractivity contribution in [3.8, 4) is 11.7 Å². The molecule has 4 rings (SSSR count). The predicted octanol–water partition coefficient (Wildman–Crippen LogP) is 4.26. The molecule has 1 fully saturated rings. The summed E-state index contributed by atoms with van der Waals surface area (Å²) in [5.41, 5.74) is -4.16. The molecule has 0 aliphatic carbocycles. The summed E-state index contributed by atoms with van der Waals surface area (Å²) in [6, 6.07) is 4.94. The highest BCUT2D eigenvalue weighted by molar-refractivity contribution is 7.18. The number of rotatable bonds is 5. The van der Waals surface area contributed by atoms with Gasteiger partial charge in [-0.2, -0.15) is 0 Å². The first-order valence-corrected chi connectivity index (χ1v) is 10.7. The van der Waals surface area contributed by atoms with E-state index in [9.17, 15) is 13.6 Å². The van der Waals surface area contributed by atoms with E-state index in [1.165, 1.54) is 18.5 Å². The summed E-state index contributed by atoms with van der Waals surface area (Å²) in [6.07, 6.45) is 2.16. The summed E-state index contributed by atoms with van der Waals surface area (Å²) in [4.78, 5) is 19.3. The van der Waals surface area contributed by atoms with E-state index < -0.39 is 11.1 Å². The summed E-state index contributed by atoms with van der Waals surface area (Å²) in [5, 5.41) is 4.32. The lowest BCUT2D eigenvalue weighted by Gasteiger charge is -2.40. The molecule has 3 atom stereocenters. The lowest BCUT2D eigenvalue weighted by molar-refractivity contribution is -0.0441. The molecule has 10 heteroatoms. The summed E-state index contributed by atoms with van der Waals surface area (Å²) < 4.78 is 40.0. The number of carbonyl (C=O) groups is 1. The number of nitrogens with zero attached hydrogens (tertiary/aromatic N) is 4. The molecule has 0 aromatic carbocycles. The Morgan fingerprint density at radius 1 is 1.32 bits per heavy atom. The zero-order chi connectivity index (χ0) is 22.8. The highest BCUT2D eigenvalue weighted by Gasteiger charge is 2.51. The zero-order valence-corrected chi connectivity index (χ0v) is 19.4. The van der Waals surface area contributed by atoms with E-state index in [1.807, 2.05) is 0 Å². The molecule has 2 aliphatic rings. The standard InChI is InChI=1S/C21H27F2N4O3P/c1-12-10-20(4,5)27-16-13(18(28)30-17(12)27)6-7-14(24-16)26-9-8-15(25-26)29-11-19(2,3)21(22,23)31/h6-9,12,17H,10-11,31H2,1-5H3/t12-,17?/m0/s1. The number of fused-ring (bicyclic) bond motifs is 3. The fourth-order valence-corrected chi connectivity index (χ4v) is 4.19. The Morgan fingerprint density at radius 2 is 2.03 bits per heavy atom. The van der Waals surface area contributed by atoms with Crippen molar-refractivity contribution in [3.05, 3.63) is 30.0 Å². The molecule has 2 aromatic rings. The normalized spacial score (nSPS) is 22.7. The quantitative estimate of drug-likeness (QED) is 0.499. The van der Waals surface area contributed by atoms with Crippen LogP contribution in [0.25, 0.3) is 5.82 Å². The number of hydrogen-bond donors (Lipinski definition) is 0. The highest BCUT2D eigenvalue weighted by Crippen LogP contribution is 2.45. The van der Waals surface area contributed by atoms with Crippen LogP contribution in [0.3, 0.4) is 0 Å². The molecule has 2 unspecified atom stereocenters. The largest absolute Gasteiger partial charge is 0.476 e. The van der Waals surface area contributed by atoms with Gasteiger partial charge in [0.05, 0.1) is 5.41 Å². The third-order valence-electron chi connectivity index (χ3n) is 6.03. The molecular weight excluding hydrogens is 425 g/mol. The van der Waals surface area contributed by atoms with Crippen LogP contribution in [0.2, 0.25) is 0 Å². The third kappa shape index (κ3) is 3.77. The van der Waals surface area contributed by atoms with E-state index in [0.717, 1.165) is 6.42 Å². The first-order chi connectivity index (χ1) is 14.3. The molecule has 31 heavy (non-hydrogen) atoms. The van der Waals surface area contributed by atoms with Crippen LogP contribution in [0.4, 0.5) is 14.6 Å². The molecule has 2 aromatic heterocycles. The number of alkyl halides is 2. The van der Waals surface area contributed by atoms with Gasteiger partial charge in [0.1, 0.15) is 18.0 Å². The van der Waals surface area contributed by atoms with E-state index in [0.29, 0.717) is 17.2 Å². The molecule has 0 N–H and O–H groups in total. The molecule has 2 aliphatic heterocycles. The Morgan fingerprint density at radius 3 is 2.71 bits per heavy atom. The number of pyridine rings is 1. The summed E-state index contributed by atoms with van der Waals surface area (Å²) in [5.74, 6) is 1.07. The number of hydrogen-bond acceptors (Lipinski definition) is 6. The highest BCUT2D eigenvalue weighted by atomic mass is 31.0. The fraction of sp³-hybridized carbons (Fsp3) is 0.571. The van der Waals surface area contributed by atoms with Crippen LogP contribution in [-0.4, -0.2) is 44.8 Å². The first-order valence-electron chi connectivity index (χ1n) is 10.2. The second kappa shape index (κ2) is 7.12. The third-order valence-corrected chi connectivity index (χ3v) is 6.82. The zero-order valence-electron chi connectivity index (χ0n) is 18.2. The van der Waals surface area contributed by atoms with Gasteiger partial charge in [-0.15, -0.1) is 5.10 Å². The Bertz CT molecular complexity index is 1020. The number of aromatic nitrogens is 3. The molecule has 1 saturated heterocycles. The Kier molecular flexibility index (Phi) is 5.04. The first kappa shape index (κ1) is 21.9. The van der Waals surface area contributed by atoms with Gasteiger partial charge in [0, 0.05) is 23.7 Å². The van der Waals surface area contributed by atoms with Gasteiger partial charge in [0.15, 0.2) is 12.0 Å². The van der Waals surface area contributed by atoms with Gasteiger partial charge in [-0.25, -0.2) is 23.2 Å². The Hall–Kier alpha value is -2.28. The predicted molar refractivity (Wildman–Crippen MR) is 115 cm³/mol. The Balaban J connectivity index is 1.61. The lowest BCUT2D eigenvalue weighted by atomic mass is 9.95. The number of anilines is 1. The van der Waals surface area contributed by atoms with E-state index >= 15 is 0 Å². The molecule has 168 valence electrons. The molecule has 7 nitrogen and oxygen atoms in total. The summed E-state index contributed by atoms with van der Waals surface area (Å²) in [6.45, 7) is 8.91. The SMILES string of the molecule is C[C@H]1CC(C)(C)N2c3nc(-n4ccc(OCC(C)(C)C(F)(F)P)n4)ccc3C(=O)OC12. The minimum absolute atomic E-state index is 0.181. The number of esters is 1. The molecule has 0 saturated carbocycles. The van der Waals surface area contributed by atoms with Crippen LogP contribution < -0.4 is 9.64 Å². The van der Waals surface area contributed by atoms with Crippen molar-refractivity contribution in [2.24, 2.45) is 11.3 Å². The molecule has 0 radical (unpaired) electrons. The monoisotopic (exact) mass is 452 g/mol. The fourth-order valence-electron chi connectivity index (χ4n) is 4.11. The molecule has 0 bridgehead atoms. The van der Waals surface area contributed by atoms with Crippen LogP contribution in [0, 0.1) is 11.3 Å². The average Bonchev–Trinajstić information content (AvgIpc) is 3.21.